The molecule has 0 aromatic rings. The van der Waals surface area contributed by atoms with Crippen LogP contribution in [0.25, 0.3) is 0 Å². The Balaban J connectivity index is 2.99. The van der Waals surface area contributed by atoms with Crippen LogP contribution >= 0.6 is 0 Å². The molecule has 0 heterocycles. The van der Waals surface area contributed by atoms with Crippen LogP contribution in [0.5, 0.6) is 0 Å². The number of alkyl halides is 4. The molecule has 12 heavy (non-hydrogen) atoms. The Hall–Kier alpha value is -0.840. The van der Waals surface area contributed by atoms with Crippen LogP contribution in [0, 0.1) is 0 Å². The first-order valence-corrected chi connectivity index (χ1v) is 3.25. The van der Waals surface area contributed by atoms with Crippen molar-refractivity contribution in [2.45, 2.75) is 17.9 Å². The summed E-state index contributed by atoms with van der Waals surface area (Å²) in [6, 6.07) is -1.65. The first-order chi connectivity index (χ1) is 5.38. The second-order valence-electron chi connectivity index (χ2n) is 2.54. The molecule has 1 aliphatic rings. The molecule has 1 aliphatic carbocycles. The zero-order valence-corrected chi connectivity index (χ0v) is 5.98. The van der Waals surface area contributed by atoms with Crippen molar-refractivity contribution in [3.8, 4) is 0 Å². The Morgan fingerprint density at radius 1 is 1.25 bits per heavy atom. The standard InChI is InChI=1S/C7H7F4N/c8-6(7(9,10)11)4-2-1-3-5(6)12/h1-5H,12H2. The number of hydrogen-bond acceptors (Lipinski definition) is 1. The van der Waals surface area contributed by atoms with Crippen LogP contribution in [0.3, 0.4) is 0 Å². The van der Waals surface area contributed by atoms with Gasteiger partial charge >= 0.3 is 6.18 Å². The fourth-order valence-corrected chi connectivity index (χ4v) is 0.914. The average molecular weight is 181 g/mol. The molecule has 5 heteroatoms. The Morgan fingerprint density at radius 3 is 2.17 bits per heavy atom. The summed E-state index contributed by atoms with van der Waals surface area (Å²) in [4.78, 5) is 0. The number of halogens is 4. The largest absolute Gasteiger partial charge is 0.428 e. The van der Waals surface area contributed by atoms with E-state index in [-0.39, 0.29) is 0 Å². The zero-order valence-electron chi connectivity index (χ0n) is 5.98. The Labute approximate surface area is 66.5 Å². The highest BCUT2D eigenvalue weighted by Crippen LogP contribution is 2.38. The van der Waals surface area contributed by atoms with Crippen molar-refractivity contribution in [1.29, 1.82) is 0 Å². The monoisotopic (exact) mass is 181 g/mol. The molecule has 68 valence electrons. The van der Waals surface area contributed by atoms with Crippen molar-refractivity contribution in [3.63, 3.8) is 0 Å². The normalized spacial score (nSPS) is 35.6. The van der Waals surface area contributed by atoms with E-state index in [2.05, 4.69) is 0 Å². The summed E-state index contributed by atoms with van der Waals surface area (Å²) in [7, 11) is 0. The van der Waals surface area contributed by atoms with Crippen LogP contribution in [0.15, 0.2) is 24.3 Å². The Bertz CT molecular complexity index is 230. The topological polar surface area (TPSA) is 26.0 Å². The Morgan fingerprint density at radius 2 is 1.83 bits per heavy atom. The van der Waals surface area contributed by atoms with Gasteiger partial charge in [-0.15, -0.1) is 0 Å². The van der Waals surface area contributed by atoms with Gasteiger partial charge in [-0.05, 0) is 6.08 Å². The van der Waals surface area contributed by atoms with Crippen molar-refractivity contribution in [1.82, 2.24) is 0 Å². The average Bonchev–Trinajstić information content (AvgIpc) is 1.93. The summed E-state index contributed by atoms with van der Waals surface area (Å²) >= 11 is 0. The van der Waals surface area contributed by atoms with Crippen molar-refractivity contribution in [3.05, 3.63) is 24.3 Å². The molecule has 0 spiro atoms. The second kappa shape index (κ2) is 2.58. The molecule has 0 radical (unpaired) electrons. The highest BCUT2D eigenvalue weighted by atomic mass is 19.4. The molecule has 0 saturated heterocycles. The fraction of sp³-hybridized carbons (Fsp3) is 0.429. The maximum absolute atomic E-state index is 13.1. The third kappa shape index (κ3) is 1.24. The lowest BCUT2D eigenvalue weighted by Gasteiger charge is -2.30. The van der Waals surface area contributed by atoms with E-state index in [9.17, 15) is 17.6 Å². The number of nitrogens with two attached hydrogens (primary N) is 1. The minimum absolute atomic E-state index is 0.428. The molecular formula is C7H7F4N. The lowest BCUT2D eigenvalue weighted by molar-refractivity contribution is -0.215. The fourth-order valence-electron chi connectivity index (χ4n) is 0.914. The van der Waals surface area contributed by atoms with E-state index in [4.69, 9.17) is 5.73 Å². The van der Waals surface area contributed by atoms with Crippen LogP contribution < -0.4 is 5.73 Å². The van der Waals surface area contributed by atoms with Gasteiger partial charge in [0.1, 0.15) is 0 Å². The smallest absolute Gasteiger partial charge is 0.321 e. The van der Waals surface area contributed by atoms with Gasteiger partial charge in [-0.3, -0.25) is 0 Å². The van der Waals surface area contributed by atoms with Crippen molar-refractivity contribution in [2.24, 2.45) is 5.73 Å². The molecule has 0 aromatic heterocycles. The van der Waals surface area contributed by atoms with E-state index in [1.54, 1.807) is 0 Å². The van der Waals surface area contributed by atoms with Gasteiger partial charge in [0, 0.05) is 0 Å². The molecule has 2 unspecified atom stereocenters. The third-order valence-electron chi connectivity index (χ3n) is 1.69. The van der Waals surface area contributed by atoms with Gasteiger partial charge in [0.25, 0.3) is 0 Å². The van der Waals surface area contributed by atoms with Crippen molar-refractivity contribution in [2.75, 3.05) is 0 Å². The second-order valence-corrected chi connectivity index (χ2v) is 2.54. The highest BCUT2D eigenvalue weighted by Gasteiger charge is 2.57. The molecule has 1 rings (SSSR count). The molecule has 2 atom stereocenters. The van der Waals surface area contributed by atoms with Crippen LogP contribution in [-0.2, 0) is 0 Å². The minimum atomic E-state index is -4.95. The predicted molar refractivity (Wildman–Crippen MR) is 36.1 cm³/mol. The van der Waals surface area contributed by atoms with Gasteiger partial charge < -0.3 is 5.73 Å². The predicted octanol–water partition coefficient (Wildman–Crippen LogP) is 1.71. The van der Waals surface area contributed by atoms with Crippen molar-refractivity contribution >= 4 is 0 Å². The van der Waals surface area contributed by atoms with Gasteiger partial charge in [0.2, 0.25) is 5.67 Å². The lowest BCUT2D eigenvalue weighted by atomic mass is 9.92. The van der Waals surface area contributed by atoms with Crippen molar-refractivity contribution < 1.29 is 17.6 Å². The van der Waals surface area contributed by atoms with E-state index in [1.165, 1.54) is 6.08 Å². The molecule has 1 nitrogen and oxygen atoms in total. The van der Waals surface area contributed by atoms with Crippen LogP contribution in [0.4, 0.5) is 17.6 Å². The Kier molecular flexibility index (Phi) is 1.99. The SMILES string of the molecule is NC1C=CC=CC1(F)C(F)(F)F. The van der Waals surface area contributed by atoms with E-state index in [0.717, 1.165) is 12.2 Å². The number of allylic oxidation sites excluding steroid dienone is 2. The maximum Gasteiger partial charge on any atom is 0.428 e. The summed E-state index contributed by atoms with van der Waals surface area (Å²) < 4.78 is 49.2. The summed E-state index contributed by atoms with van der Waals surface area (Å²) in [5.74, 6) is 0. The van der Waals surface area contributed by atoms with Gasteiger partial charge in [-0.2, -0.15) is 13.2 Å². The van der Waals surface area contributed by atoms with E-state index in [0.29, 0.717) is 6.08 Å². The van der Waals surface area contributed by atoms with Crippen LogP contribution in [0.1, 0.15) is 0 Å². The zero-order chi connectivity index (χ0) is 9.41. The molecule has 0 aromatic carbocycles. The van der Waals surface area contributed by atoms with E-state index in [1.807, 2.05) is 0 Å². The number of hydrogen-bond donors (Lipinski definition) is 1. The first kappa shape index (κ1) is 9.25. The third-order valence-corrected chi connectivity index (χ3v) is 1.69. The summed E-state index contributed by atoms with van der Waals surface area (Å²) in [6.07, 6.45) is -1.26. The van der Waals surface area contributed by atoms with Crippen LogP contribution in [-0.4, -0.2) is 17.9 Å². The lowest BCUT2D eigenvalue weighted by Crippen LogP contribution is -2.53. The molecule has 0 saturated carbocycles. The minimum Gasteiger partial charge on any atom is -0.321 e. The molecule has 2 N–H and O–H groups in total. The maximum atomic E-state index is 13.1. The first-order valence-electron chi connectivity index (χ1n) is 3.25. The van der Waals surface area contributed by atoms with Gasteiger partial charge in [-0.1, -0.05) is 18.2 Å². The van der Waals surface area contributed by atoms with E-state index >= 15 is 0 Å². The van der Waals surface area contributed by atoms with Gasteiger partial charge in [0.15, 0.2) is 0 Å². The van der Waals surface area contributed by atoms with Gasteiger partial charge in [0.05, 0.1) is 6.04 Å². The summed E-state index contributed by atoms with van der Waals surface area (Å²) in [5.41, 5.74) is 1.55. The quantitative estimate of drug-likeness (QED) is 0.565. The molecule has 0 bridgehead atoms. The van der Waals surface area contributed by atoms with E-state index < -0.39 is 17.9 Å². The molecule has 0 fully saturated rings. The molecule has 0 aliphatic heterocycles. The van der Waals surface area contributed by atoms with Crippen LogP contribution in [0.2, 0.25) is 0 Å². The molecule has 0 amide bonds. The number of rotatable bonds is 0. The van der Waals surface area contributed by atoms with Gasteiger partial charge in [-0.25, -0.2) is 4.39 Å². The summed E-state index contributed by atoms with van der Waals surface area (Å²) in [6.45, 7) is 0. The summed E-state index contributed by atoms with van der Waals surface area (Å²) in [5, 5.41) is 0. The highest BCUT2D eigenvalue weighted by molar-refractivity contribution is 5.26. The molecular weight excluding hydrogens is 174 g/mol.